The predicted octanol–water partition coefficient (Wildman–Crippen LogP) is 3.63. The van der Waals surface area contributed by atoms with Gasteiger partial charge in [-0.25, -0.2) is 0 Å². The van der Waals surface area contributed by atoms with Crippen LogP contribution in [-0.2, 0) is 4.79 Å². The Labute approximate surface area is 162 Å². The molecule has 0 spiro atoms. The van der Waals surface area contributed by atoms with E-state index in [1.807, 2.05) is 30.3 Å². The molecular formula is C20H20ClN5O. The first-order valence-corrected chi connectivity index (χ1v) is 9.23. The molecule has 1 aliphatic rings. The summed E-state index contributed by atoms with van der Waals surface area (Å²) >= 11 is 6.11. The van der Waals surface area contributed by atoms with Gasteiger partial charge in [0.2, 0.25) is 6.41 Å². The number of benzene rings is 2. The number of aromatic nitrogens is 2. The molecule has 0 saturated carbocycles. The van der Waals surface area contributed by atoms with Crippen LogP contribution in [0.4, 0.5) is 17.2 Å². The third kappa shape index (κ3) is 3.61. The number of halogens is 1. The van der Waals surface area contributed by atoms with Crippen molar-refractivity contribution >= 4 is 35.2 Å². The number of nitrogens with zero attached hydrogens (tertiary/aromatic N) is 3. The Morgan fingerprint density at radius 2 is 1.74 bits per heavy atom. The van der Waals surface area contributed by atoms with Gasteiger partial charge in [0.1, 0.15) is 5.69 Å². The number of hydrogen-bond donors (Lipinski definition) is 2. The number of hydrogen-bond acceptors (Lipinski definition) is 4. The molecule has 1 aromatic heterocycles. The van der Waals surface area contributed by atoms with E-state index in [4.69, 9.17) is 11.6 Å². The van der Waals surface area contributed by atoms with Crippen LogP contribution in [0.25, 0.3) is 11.3 Å². The highest BCUT2D eigenvalue weighted by Gasteiger charge is 2.24. The van der Waals surface area contributed by atoms with E-state index < -0.39 is 0 Å². The van der Waals surface area contributed by atoms with E-state index in [0.29, 0.717) is 17.1 Å². The summed E-state index contributed by atoms with van der Waals surface area (Å²) in [5, 5.41) is 11.0. The lowest BCUT2D eigenvalue weighted by Crippen LogP contribution is -2.46. The molecule has 0 unspecified atom stereocenters. The Hall–Kier alpha value is -2.99. The monoisotopic (exact) mass is 381 g/mol. The van der Waals surface area contributed by atoms with Crippen molar-refractivity contribution in [2.75, 3.05) is 41.3 Å². The lowest BCUT2D eigenvalue weighted by molar-refractivity contribution is -0.105. The molecule has 6 nitrogen and oxygen atoms in total. The number of carbonyl (C=O) groups is 1. The van der Waals surface area contributed by atoms with Gasteiger partial charge in [-0.1, -0.05) is 41.9 Å². The zero-order valence-corrected chi connectivity index (χ0v) is 15.5. The molecule has 1 amide bonds. The van der Waals surface area contributed by atoms with Crippen molar-refractivity contribution in [2.45, 2.75) is 0 Å². The maximum absolute atomic E-state index is 11.2. The zero-order valence-electron chi connectivity index (χ0n) is 14.7. The fourth-order valence-electron chi connectivity index (χ4n) is 3.43. The molecule has 3 aromatic rings. The number of aromatic amines is 1. The number of H-pyrrole nitrogens is 1. The second-order valence-corrected chi connectivity index (χ2v) is 6.82. The van der Waals surface area contributed by atoms with E-state index in [1.165, 1.54) is 5.69 Å². The molecule has 7 heteroatoms. The molecule has 0 atom stereocenters. The highest BCUT2D eigenvalue weighted by molar-refractivity contribution is 6.30. The van der Waals surface area contributed by atoms with Gasteiger partial charge in [-0.05, 0) is 24.3 Å². The lowest BCUT2D eigenvalue weighted by Gasteiger charge is -2.36. The van der Waals surface area contributed by atoms with Gasteiger partial charge >= 0.3 is 0 Å². The van der Waals surface area contributed by atoms with Crippen LogP contribution in [0.1, 0.15) is 0 Å². The van der Waals surface area contributed by atoms with Gasteiger partial charge in [-0.15, -0.1) is 0 Å². The van der Waals surface area contributed by atoms with Gasteiger partial charge in [0.05, 0.1) is 5.69 Å². The number of piperazine rings is 1. The standard InChI is InChI=1S/C20H20ClN5O/c21-16-6-4-5-15(13-16)18-19(22-14-27)20(24-23-18)26-11-9-25(10-12-26)17-7-2-1-3-8-17/h1-8,13-14H,9-12H2,(H,22,27)(H,23,24). The van der Waals surface area contributed by atoms with E-state index in [2.05, 4.69) is 49.6 Å². The van der Waals surface area contributed by atoms with Gasteiger partial charge in [0, 0.05) is 42.5 Å². The van der Waals surface area contributed by atoms with Gasteiger partial charge in [0.25, 0.3) is 0 Å². The molecule has 1 aliphatic heterocycles. The van der Waals surface area contributed by atoms with Gasteiger partial charge < -0.3 is 15.1 Å². The lowest BCUT2D eigenvalue weighted by atomic mass is 10.1. The molecule has 1 saturated heterocycles. The SMILES string of the molecule is O=CNc1c(N2CCN(c3ccccc3)CC2)n[nH]c1-c1cccc(Cl)c1. The average molecular weight is 382 g/mol. The molecule has 2 aromatic carbocycles. The van der Waals surface area contributed by atoms with Crippen LogP contribution in [0.15, 0.2) is 54.6 Å². The molecule has 0 aliphatic carbocycles. The van der Waals surface area contributed by atoms with Crippen LogP contribution in [-0.4, -0.2) is 42.8 Å². The molecule has 0 radical (unpaired) electrons. The molecule has 2 heterocycles. The van der Waals surface area contributed by atoms with E-state index in [0.717, 1.165) is 43.3 Å². The van der Waals surface area contributed by atoms with Crippen molar-refractivity contribution in [1.29, 1.82) is 0 Å². The van der Waals surface area contributed by atoms with Gasteiger partial charge in [-0.3, -0.25) is 9.89 Å². The van der Waals surface area contributed by atoms with Crippen molar-refractivity contribution in [3.8, 4) is 11.3 Å². The fraction of sp³-hybridized carbons (Fsp3) is 0.200. The third-order valence-corrected chi connectivity index (χ3v) is 5.00. The predicted molar refractivity (Wildman–Crippen MR) is 110 cm³/mol. The first-order chi connectivity index (χ1) is 13.3. The fourth-order valence-corrected chi connectivity index (χ4v) is 3.62. The van der Waals surface area contributed by atoms with Crippen molar-refractivity contribution < 1.29 is 4.79 Å². The van der Waals surface area contributed by atoms with Crippen LogP contribution >= 0.6 is 11.6 Å². The maximum atomic E-state index is 11.2. The Balaban J connectivity index is 1.57. The average Bonchev–Trinajstić information content (AvgIpc) is 3.13. The van der Waals surface area contributed by atoms with Gasteiger partial charge in [0.15, 0.2) is 5.82 Å². The van der Waals surface area contributed by atoms with Crippen molar-refractivity contribution in [1.82, 2.24) is 10.2 Å². The Kier molecular flexibility index (Phi) is 4.98. The summed E-state index contributed by atoms with van der Waals surface area (Å²) in [6, 6.07) is 17.9. The van der Waals surface area contributed by atoms with Crippen LogP contribution in [0.2, 0.25) is 5.02 Å². The van der Waals surface area contributed by atoms with Crippen LogP contribution in [0.3, 0.4) is 0 Å². The zero-order chi connectivity index (χ0) is 18.6. The van der Waals surface area contributed by atoms with Crippen LogP contribution in [0, 0.1) is 0 Å². The smallest absolute Gasteiger partial charge is 0.211 e. The summed E-state index contributed by atoms with van der Waals surface area (Å²) in [5.74, 6) is 0.754. The van der Waals surface area contributed by atoms with E-state index in [-0.39, 0.29) is 0 Å². The van der Waals surface area contributed by atoms with E-state index in [9.17, 15) is 4.79 Å². The quantitative estimate of drug-likeness (QED) is 0.662. The normalized spacial score (nSPS) is 14.3. The maximum Gasteiger partial charge on any atom is 0.211 e. The minimum Gasteiger partial charge on any atom is -0.368 e. The molecule has 138 valence electrons. The summed E-state index contributed by atoms with van der Waals surface area (Å²) in [4.78, 5) is 15.7. The number of amides is 1. The first kappa shape index (κ1) is 17.4. The summed E-state index contributed by atoms with van der Waals surface area (Å²) in [7, 11) is 0. The van der Waals surface area contributed by atoms with E-state index in [1.54, 1.807) is 0 Å². The Morgan fingerprint density at radius 1 is 1.00 bits per heavy atom. The van der Waals surface area contributed by atoms with E-state index >= 15 is 0 Å². The summed E-state index contributed by atoms with van der Waals surface area (Å²) in [5.41, 5.74) is 3.55. The number of carbonyl (C=O) groups excluding carboxylic acids is 1. The highest BCUT2D eigenvalue weighted by Crippen LogP contribution is 2.35. The molecule has 0 bridgehead atoms. The molecule has 1 fully saturated rings. The second kappa shape index (κ2) is 7.72. The van der Waals surface area contributed by atoms with Crippen LogP contribution < -0.4 is 15.1 Å². The first-order valence-electron chi connectivity index (χ1n) is 8.85. The minimum atomic E-state index is 0.636. The van der Waals surface area contributed by atoms with Crippen LogP contribution in [0.5, 0.6) is 0 Å². The number of anilines is 3. The van der Waals surface area contributed by atoms with Crippen molar-refractivity contribution in [3.05, 3.63) is 59.6 Å². The highest BCUT2D eigenvalue weighted by atomic mass is 35.5. The van der Waals surface area contributed by atoms with Crippen molar-refractivity contribution in [2.24, 2.45) is 0 Å². The number of para-hydroxylation sites is 1. The molecule has 2 N–H and O–H groups in total. The number of nitrogens with one attached hydrogen (secondary N) is 2. The number of rotatable bonds is 5. The van der Waals surface area contributed by atoms with Crippen molar-refractivity contribution in [3.63, 3.8) is 0 Å². The minimum absolute atomic E-state index is 0.636. The molecule has 27 heavy (non-hydrogen) atoms. The Bertz CT molecular complexity index is 919. The summed E-state index contributed by atoms with van der Waals surface area (Å²) in [6.07, 6.45) is 0.683. The third-order valence-electron chi connectivity index (χ3n) is 4.76. The Morgan fingerprint density at radius 3 is 2.44 bits per heavy atom. The second-order valence-electron chi connectivity index (χ2n) is 6.38. The summed E-state index contributed by atoms with van der Waals surface area (Å²) < 4.78 is 0. The summed E-state index contributed by atoms with van der Waals surface area (Å²) in [6.45, 7) is 3.43. The topological polar surface area (TPSA) is 64.3 Å². The molecular weight excluding hydrogens is 362 g/mol. The largest absolute Gasteiger partial charge is 0.368 e. The van der Waals surface area contributed by atoms with Gasteiger partial charge in [-0.2, -0.15) is 5.10 Å². The molecule has 4 rings (SSSR count).